The molecule has 3 aromatic heterocycles. The molecule has 0 saturated heterocycles. The first-order valence-corrected chi connectivity index (χ1v) is 11.7. The summed E-state index contributed by atoms with van der Waals surface area (Å²) in [5, 5.41) is 12.3. The number of nitrogens with zero attached hydrogens (tertiary/aromatic N) is 1. The van der Waals surface area contributed by atoms with Crippen molar-refractivity contribution in [1.29, 1.82) is 0 Å². The maximum atomic E-state index is 12.5. The number of aryl methyl sites for hydroxylation is 1. The summed E-state index contributed by atoms with van der Waals surface area (Å²) in [6.45, 7) is 3.63. The SMILES string of the molecule is Cc1nc2[nH]cc(C(C)c3ccc(C(=O)N[C@@H](CCS(C)=O)C(=O)O)s3)c2c(=O)[nH]1. The Labute approximate surface area is 178 Å². The van der Waals surface area contributed by atoms with Crippen LogP contribution in [-0.2, 0) is 15.6 Å². The predicted molar refractivity (Wildman–Crippen MR) is 116 cm³/mol. The monoisotopic (exact) mass is 450 g/mol. The van der Waals surface area contributed by atoms with Crippen LogP contribution in [0, 0.1) is 6.92 Å². The van der Waals surface area contributed by atoms with E-state index in [9.17, 15) is 23.7 Å². The van der Waals surface area contributed by atoms with Crippen LogP contribution in [0.25, 0.3) is 11.0 Å². The highest BCUT2D eigenvalue weighted by atomic mass is 32.2. The summed E-state index contributed by atoms with van der Waals surface area (Å²) in [6, 6.07) is 2.31. The summed E-state index contributed by atoms with van der Waals surface area (Å²) >= 11 is 1.23. The molecule has 4 N–H and O–H groups in total. The second-order valence-electron chi connectivity index (χ2n) is 6.97. The minimum Gasteiger partial charge on any atom is -0.480 e. The topological polar surface area (TPSA) is 145 Å². The molecule has 0 spiro atoms. The van der Waals surface area contributed by atoms with E-state index in [-0.39, 0.29) is 23.7 Å². The highest BCUT2D eigenvalue weighted by molar-refractivity contribution is 7.84. The van der Waals surface area contributed by atoms with Crippen molar-refractivity contribution in [2.75, 3.05) is 12.0 Å². The van der Waals surface area contributed by atoms with E-state index in [1.165, 1.54) is 17.6 Å². The molecule has 0 aliphatic rings. The maximum Gasteiger partial charge on any atom is 0.326 e. The lowest BCUT2D eigenvalue weighted by Gasteiger charge is -2.13. The van der Waals surface area contributed by atoms with Gasteiger partial charge in [-0.3, -0.25) is 13.8 Å². The number of aromatic nitrogens is 3. The highest BCUT2D eigenvalue weighted by Gasteiger charge is 2.23. The zero-order valence-corrected chi connectivity index (χ0v) is 18.3. The number of H-pyrrole nitrogens is 2. The van der Waals surface area contributed by atoms with Gasteiger partial charge in [0, 0.05) is 39.8 Å². The molecule has 1 amide bonds. The minimum absolute atomic E-state index is 0.0867. The second kappa shape index (κ2) is 8.92. The first-order chi connectivity index (χ1) is 14.2. The van der Waals surface area contributed by atoms with Gasteiger partial charge in [-0.15, -0.1) is 11.3 Å². The summed E-state index contributed by atoms with van der Waals surface area (Å²) in [4.78, 5) is 47.5. The van der Waals surface area contributed by atoms with Crippen molar-refractivity contribution in [3.63, 3.8) is 0 Å². The van der Waals surface area contributed by atoms with E-state index in [0.29, 0.717) is 21.7 Å². The van der Waals surface area contributed by atoms with E-state index in [2.05, 4.69) is 20.3 Å². The molecule has 0 aromatic carbocycles. The number of fused-ring (bicyclic) bond motifs is 1. The number of hydrogen-bond donors (Lipinski definition) is 4. The lowest BCUT2D eigenvalue weighted by atomic mass is 10.0. The zero-order valence-electron chi connectivity index (χ0n) is 16.6. The normalized spacial score (nSPS) is 14.4. The van der Waals surface area contributed by atoms with Crippen molar-refractivity contribution in [2.45, 2.75) is 32.2 Å². The number of carboxylic acids is 1. The first kappa shape index (κ1) is 21.9. The Kier molecular flexibility index (Phi) is 6.52. The fourth-order valence-electron chi connectivity index (χ4n) is 3.15. The second-order valence-corrected chi connectivity index (χ2v) is 9.64. The van der Waals surface area contributed by atoms with Crippen LogP contribution >= 0.6 is 11.3 Å². The Bertz CT molecular complexity index is 1180. The number of rotatable bonds is 8. The van der Waals surface area contributed by atoms with Crippen molar-refractivity contribution in [1.82, 2.24) is 20.3 Å². The highest BCUT2D eigenvalue weighted by Crippen LogP contribution is 2.32. The van der Waals surface area contributed by atoms with Gasteiger partial charge in [0.2, 0.25) is 0 Å². The number of carboxylic acid groups (broad SMARTS) is 1. The lowest BCUT2D eigenvalue weighted by molar-refractivity contribution is -0.139. The Morgan fingerprint density at radius 3 is 2.77 bits per heavy atom. The molecule has 0 radical (unpaired) electrons. The molecule has 9 nitrogen and oxygen atoms in total. The van der Waals surface area contributed by atoms with Gasteiger partial charge in [-0.2, -0.15) is 0 Å². The number of aromatic amines is 2. The van der Waals surface area contributed by atoms with E-state index in [4.69, 9.17) is 0 Å². The average molecular weight is 451 g/mol. The van der Waals surface area contributed by atoms with Crippen molar-refractivity contribution in [3.8, 4) is 0 Å². The Morgan fingerprint density at radius 2 is 2.10 bits per heavy atom. The van der Waals surface area contributed by atoms with Crippen LogP contribution in [0.1, 0.15) is 45.2 Å². The van der Waals surface area contributed by atoms with Crippen molar-refractivity contribution in [2.24, 2.45) is 0 Å². The number of carbonyl (C=O) groups is 2. The molecule has 0 aliphatic heterocycles. The number of amides is 1. The minimum atomic E-state index is -1.17. The largest absolute Gasteiger partial charge is 0.480 e. The van der Waals surface area contributed by atoms with E-state index in [0.717, 1.165) is 10.4 Å². The van der Waals surface area contributed by atoms with Crippen LogP contribution in [0.5, 0.6) is 0 Å². The molecule has 160 valence electrons. The molecule has 2 unspecified atom stereocenters. The van der Waals surface area contributed by atoms with Crippen molar-refractivity contribution < 1.29 is 18.9 Å². The average Bonchev–Trinajstić information content (AvgIpc) is 3.31. The Hall–Kier alpha value is -2.79. The number of carbonyl (C=O) groups excluding carboxylic acids is 1. The molecule has 3 heterocycles. The van der Waals surface area contributed by atoms with Crippen molar-refractivity contribution in [3.05, 3.63) is 49.8 Å². The maximum absolute atomic E-state index is 12.5. The van der Waals surface area contributed by atoms with E-state index in [1.807, 2.05) is 6.92 Å². The van der Waals surface area contributed by atoms with Gasteiger partial charge in [-0.05, 0) is 31.0 Å². The third-order valence-corrected chi connectivity index (χ3v) is 6.81. The summed E-state index contributed by atoms with van der Waals surface area (Å²) < 4.78 is 11.2. The molecular weight excluding hydrogens is 428 g/mol. The number of thiophene rings is 1. The van der Waals surface area contributed by atoms with Gasteiger partial charge in [-0.1, -0.05) is 6.92 Å². The lowest BCUT2D eigenvalue weighted by Crippen LogP contribution is -2.41. The molecule has 11 heteroatoms. The molecule has 30 heavy (non-hydrogen) atoms. The summed E-state index contributed by atoms with van der Waals surface area (Å²) in [5.74, 6) is -1.13. The summed E-state index contributed by atoms with van der Waals surface area (Å²) in [7, 11) is -1.14. The van der Waals surface area contributed by atoms with Gasteiger partial charge in [0.05, 0.1) is 10.3 Å². The summed E-state index contributed by atoms with van der Waals surface area (Å²) in [6.07, 6.45) is 3.31. The molecule has 3 aromatic rings. The molecule has 0 fully saturated rings. The molecular formula is C19H22N4O5S2. The molecule has 3 atom stereocenters. The quantitative estimate of drug-likeness (QED) is 0.411. The first-order valence-electron chi connectivity index (χ1n) is 9.18. The third-order valence-electron chi connectivity index (χ3n) is 4.73. The van der Waals surface area contributed by atoms with Gasteiger partial charge in [-0.25, -0.2) is 9.78 Å². The zero-order chi connectivity index (χ0) is 22.0. The number of nitrogens with one attached hydrogen (secondary N) is 3. The van der Waals surface area contributed by atoms with E-state index < -0.39 is 28.7 Å². The van der Waals surface area contributed by atoms with E-state index >= 15 is 0 Å². The third kappa shape index (κ3) is 4.68. The smallest absolute Gasteiger partial charge is 0.326 e. The fraction of sp³-hybridized carbons (Fsp3) is 0.368. The van der Waals surface area contributed by atoms with Gasteiger partial charge in [0.15, 0.2) is 0 Å². The Morgan fingerprint density at radius 1 is 1.37 bits per heavy atom. The van der Waals surface area contributed by atoms with Crippen LogP contribution in [0.2, 0.25) is 0 Å². The summed E-state index contributed by atoms with van der Waals surface area (Å²) in [5.41, 5.74) is 1.04. The fourth-order valence-corrected chi connectivity index (χ4v) is 4.70. The van der Waals surface area contributed by atoms with Crippen LogP contribution in [0.4, 0.5) is 0 Å². The van der Waals surface area contributed by atoms with Crippen molar-refractivity contribution >= 4 is 45.0 Å². The van der Waals surface area contributed by atoms with Gasteiger partial charge in [0.25, 0.3) is 11.5 Å². The predicted octanol–water partition coefficient (Wildman–Crippen LogP) is 1.72. The molecule has 0 bridgehead atoms. The number of aliphatic carboxylic acids is 1. The van der Waals surface area contributed by atoms with Crippen LogP contribution < -0.4 is 10.9 Å². The van der Waals surface area contributed by atoms with Gasteiger partial charge in [0.1, 0.15) is 17.5 Å². The Balaban J connectivity index is 1.80. The van der Waals surface area contributed by atoms with Gasteiger partial charge >= 0.3 is 5.97 Å². The van der Waals surface area contributed by atoms with Crippen LogP contribution in [-0.4, -0.2) is 54.2 Å². The molecule has 0 aliphatic carbocycles. The van der Waals surface area contributed by atoms with Gasteiger partial charge < -0.3 is 20.4 Å². The number of hydrogen-bond acceptors (Lipinski definition) is 6. The van der Waals surface area contributed by atoms with E-state index in [1.54, 1.807) is 25.3 Å². The molecule has 0 saturated carbocycles. The molecule has 3 rings (SSSR count). The van der Waals surface area contributed by atoms with Crippen LogP contribution in [0.3, 0.4) is 0 Å². The standard InChI is InChI=1S/C19H22N4O5S2/c1-9(11-8-20-16-15(11)18(25)22-10(2)21-16)13-4-5-14(29-13)17(24)23-12(19(26)27)6-7-30(3)28/h4-5,8-9,12H,6-7H2,1-3H3,(H,23,24)(H,26,27)(H2,20,21,22,25)/t9?,12-,30?/m0/s1. The van der Waals surface area contributed by atoms with Crippen LogP contribution in [0.15, 0.2) is 23.1 Å².